The first-order valence-corrected chi connectivity index (χ1v) is 6.84. The molecule has 1 aromatic rings. The van der Waals surface area contributed by atoms with Crippen LogP contribution in [0, 0.1) is 5.92 Å². The van der Waals surface area contributed by atoms with Crippen molar-refractivity contribution in [3.05, 3.63) is 23.8 Å². The lowest BCUT2D eigenvalue weighted by atomic mass is 9.94. The Labute approximate surface area is 115 Å². The van der Waals surface area contributed by atoms with Gasteiger partial charge >= 0.3 is 0 Å². The van der Waals surface area contributed by atoms with Crippen molar-refractivity contribution in [3.63, 3.8) is 0 Å². The van der Waals surface area contributed by atoms with Crippen LogP contribution in [0.25, 0.3) is 0 Å². The molecule has 19 heavy (non-hydrogen) atoms. The summed E-state index contributed by atoms with van der Waals surface area (Å²) in [6, 6.07) is 5.93. The Balaban J connectivity index is 2.19. The minimum absolute atomic E-state index is 0.111. The second kappa shape index (κ2) is 6.78. The Kier molecular flexibility index (Phi) is 5.05. The first-order chi connectivity index (χ1) is 9.30. The van der Waals surface area contributed by atoms with Crippen LogP contribution in [0.3, 0.4) is 0 Å². The molecule has 1 N–H and O–H groups in total. The van der Waals surface area contributed by atoms with Crippen molar-refractivity contribution in [2.45, 2.75) is 19.4 Å². The zero-order valence-electron chi connectivity index (χ0n) is 11.9. The summed E-state index contributed by atoms with van der Waals surface area (Å²) in [7, 11) is 3.35. The fourth-order valence-corrected chi connectivity index (χ4v) is 2.57. The largest absolute Gasteiger partial charge is 0.497 e. The van der Waals surface area contributed by atoms with E-state index in [0.717, 1.165) is 43.2 Å². The van der Waals surface area contributed by atoms with Gasteiger partial charge in [-0.05, 0) is 25.1 Å². The average molecular weight is 265 g/mol. The molecule has 1 saturated heterocycles. The lowest BCUT2D eigenvalue weighted by molar-refractivity contribution is 0.0883. The minimum atomic E-state index is 0.111. The normalized spacial score (nSPS) is 22.5. The molecule has 106 valence electrons. The Morgan fingerprint density at radius 1 is 1.32 bits per heavy atom. The van der Waals surface area contributed by atoms with E-state index in [1.807, 2.05) is 18.2 Å². The maximum absolute atomic E-state index is 5.90. The second-order valence-electron chi connectivity index (χ2n) is 4.76. The molecule has 4 heteroatoms. The van der Waals surface area contributed by atoms with Gasteiger partial charge in [-0.25, -0.2) is 0 Å². The van der Waals surface area contributed by atoms with Gasteiger partial charge in [0.2, 0.25) is 0 Å². The third-order valence-electron chi connectivity index (χ3n) is 3.62. The van der Waals surface area contributed by atoms with Gasteiger partial charge in [-0.1, -0.05) is 6.92 Å². The molecule has 1 heterocycles. The highest BCUT2D eigenvalue weighted by Crippen LogP contribution is 2.40. The zero-order valence-corrected chi connectivity index (χ0v) is 11.9. The predicted molar refractivity (Wildman–Crippen MR) is 74.9 cm³/mol. The van der Waals surface area contributed by atoms with Crippen LogP contribution in [0.15, 0.2) is 18.2 Å². The van der Waals surface area contributed by atoms with Crippen LogP contribution >= 0.6 is 0 Å². The van der Waals surface area contributed by atoms with E-state index in [4.69, 9.17) is 14.2 Å². The average Bonchev–Trinajstić information content (AvgIpc) is 2.92. The van der Waals surface area contributed by atoms with Gasteiger partial charge in [0.15, 0.2) is 0 Å². The summed E-state index contributed by atoms with van der Waals surface area (Å²) in [6.07, 6.45) is 1.20. The van der Waals surface area contributed by atoms with Crippen molar-refractivity contribution in [2.24, 2.45) is 5.92 Å². The smallest absolute Gasteiger partial charge is 0.128 e. The molecule has 0 radical (unpaired) electrons. The van der Waals surface area contributed by atoms with E-state index in [1.165, 1.54) is 0 Å². The molecule has 1 fully saturated rings. The van der Waals surface area contributed by atoms with Crippen molar-refractivity contribution >= 4 is 0 Å². The summed E-state index contributed by atoms with van der Waals surface area (Å²) < 4.78 is 16.6. The summed E-state index contributed by atoms with van der Waals surface area (Å²) >= 11 is 0. The van der Waals surface area contributed by atoms with Crippen LogP contribution in [0.1, 0.15) is 25.0 Å². The fraction of sp³-hybridized carbons (Fsp3) is 0.600. The van der Waals surface area contributed by atoms with Crippen LogP contribution in [0.5, 0.6) is 11.5 Å². The first-order valence-electron chi connectivity index (χ1n) is 6.84. The van der Waals surface area contributed by atoms with Gasteiger partial charge < -0.3 is 19.5 Å². The lowest BCUT2D eigenvalue weighted by Gasteiger charge is -2.21. The summed E-state index contributed by atoms with van der Waals surface area (Å²) in [5, 5.41) is 3.40. The highest BCUT2D eigenvalue weighted by molar-refractivity contribution is 5.42. The monoisotopic (exact) mass is 265 g/mol. The van der Waals surface area contributed by atoms with Crippen molar-refractivity contribution in [1.82, 2.24) is 5.32 Å². The quantitative estimate of drug-likeness (QED) is 0.857. The molecule has 4 nitrogen and oxygen atoms in total. The third kappa shape index (κ3) is 3.19. The van der Waals surface area contributed by atoms with Gasteiger partial charge in [0, 0.05) is 30.7 Å². The van der Waals surface area contributed by atoms with Crippen LogP contribution in [0.2, 0.25) is 0 Å². The molecule has 0 saturated carbocycles. The number of rotatable bonds is 6. The summed E-state index contributed by atoms with van der Waals surface area (Å²) in [6.45, 7) is 4.91. The zero-order chi connectivity index (χ0) is 13.7. The highest BCUT2D eigenvalue weighted by Gasteiger charge is 2.31. The Morgan fingerprint density at radius 3 is 2.84 bits per heavy atom. The summed E-state index contributed by atoms with van der Waals surface area (Å²) in [5.74, 6) is 2.15. The SMILES string of the molecule is CCNCC1CCOC1c1ccc(OC)cc1OC. The number of hydrogen-bond acceptors (Lipinski definition) is 4. The topological polar surface area (TPSA) is 39.7 Å². The van der Waals surface area contributed by atoms with Gasteiger partial charge in [-0.15, -0.1) is 0 Å². The van der Waals surface area contributed by atoms with E-state index in [0.29, 0.717) is 5.92 Å². The summed E-state index contributed by atoms with van der Waals surface area (Å²) in [5.41, 5.74) is 1.11. The number of hydrogen-bond donors (Lipinski definition) is 1. The van der Waals surface area contributed by atoms with E-state index in [9.17, 15) is 0 Å². The van der Waals surface area contributed by atoms with Gasteiger partial charge in [0.1, 0.15) is 11.5 Å². The van der Waals surface area contributed by atoms with Gasteiger partial charge in [-0.3, -0.25) is 0 Å². The molecule has 1 aromatic carbocycles. The third-order valence-corrected chi connectivity index (χ3v) is 3.62. The first kappa shape index (κ1) is 14.2. The molecule has 2 unspecified atom stereocenters. The van der Waals surface area contributed by atoms with Crippen molar-refractivity contribution in [1.29, 1.82) is 0 Å². The molecular formula is C15H23NO3. The van der Waals surface area contributed by atoms with Gasteiger partial charge in [-0.2, -0.15) is 0 Å². The van der Waals surface area contributed by atoms with Crippen LogP contribution in [-0.4, -0.2) is 33.9 Å². The molecular weight excluding hydrogens is 242 g/mol. The number of methoxy groups -OCH3 is 2. The van der Waals surface area contributed by atoms with Gasteiger partial charge in [0.05, 0.1) is 20.3 Å². The lowest BCUT2D eigenvalue weighted by Crippen LogP contribution is -2.24. The van der Waals surface area contributed by atoms with Crippen LogP contribution in [0.4, 0.5) is 0 Å². The Morgan fingerprint density at radius 2 is 2.16 bits per heavy atom. The molecule has 1 aliphatic rings. The van der Waals surface area contributed by atoms with E-state index >= 15 is 0 Å². The highest BCUT2D eigenvalue weighted by atomic mass is 16.5. The molecule has 0 amide bonds. The fourth-order valence-electron chi connectivity index (χ4n) is 2.57. The van der Waals surface area contributed by atoms with Crippen molar-refractivity contribution in [3.8, 4) is 11.5 Å². The molecule has 2 rings (SSSR count). The standard InChI is InChI=1S/C15H23NO3/c1-4-16-10-11-7-8-19-15(11)13-6-5-12(17-2)9-14(13)18-3/h5-6,9,11,15-16H,4,7-8,10H2,1-3H3. The molecule has 0 aliphatic carbocycles. The number of nitrogens with one attached hydrogen (secondary N) is 1. The van der Waals surface area contributed by atoms with Crippen LogP contribution < -0.4 is 14.8 Å². The molecule has 0 aromatic heterocycles. The van der Waals surface area contributed by atoms with Crippen molar-refractivity contribution in [2.75, 3.05) is 33.9 Å². The molecule has 2 atom stereocenters. The minimum Gasteiger partial charge on any atom is -0.497 e. The maximum atomic E-state index is 5.90. The maximum Gasteiger partial charge on any atom is 0.128 e. The van der Waals surface area contributed by atoms with E-state index in [2.05, 4.69) is 12.2 Å². The molecule has 0 spiro atoms. The summed E-state index contributed by atoms with van der Waals surface area (Å²) in [4.78, 5) is 0. The Bertz CT molecular complexity index is 408. The molecule has 1 aliphatic heterocycles. The second-order valence-corrected chi connectivity index (χ2v) is 4.76. The predicted octanol–water partition coefficient (Wildman–Crippen LogP) is 2.39. The van der Waals surface area contributed by atoms with Crippen LogP contribution in [-0.2, 0) is 4.74 Å². The van der Waals surface area contributed by atoms with E-state index in [1.54, 1.807) is 14.2 Å². The number of benzene rings is 1. The van der Waals surface area contributed by atoms with Crippen molar-refractivity contribution < 1.29 is 14.2 Å². The van der Waals surface area contributed by atoms with E-state index < -0.39 is 0 Å². The Hall–Kier alpha value is -1.26. The van der Waals surface area contributed by atoms with Gasteiger partial charge in [0.25, 0.3) is 0 Å². The molecule has 0 bridgehead atoms. The van der Waals surface area contributed by atoms with E-state index in [-0.39, 0.29) is 6.10 Å². The number of ether oxygens (including phenoxy) is 3.